The van der Waals surface area contributed by atoms with Crippen molar-refractivity contribution in [3.63, 3.8) is 0 Å². The Balaban J connectivity index is 1.29. The molecule has 1 aromatic heterocycles. The molecule has 0 unspecified atom stereocenters. The second kappa shape index (κ2) is 11.2. The number of amides is 1. The number of hydrogen-bond acceptors (Lipinski definition) is 7. The first-order valence-electron chi connectivity index (χ1n) is 13.3. The fourth-order valence-electron chi connectivity index (χ4n) is 5.75. The van der Waals surface area contributed by atoms with Crippen molar-refractivity contribution in [2.24, 2.45) is 0 Å². The van der Waals surface area contributed by atoms with E-state index in [2.05, 4.69) is 27.1 Å². The van der Waals surface area contributed by atoms with Gasteiger partial charge in [0.05, 0.1) is 23.3 Å². The molecule has 1 aliphatic carbocycles. The fraction of sp³-hybridized carbons (Fsp3) is 0.593. The molecule has 3 atom stereocenters. The number of hydrogen-bond donors (Lipinski definition) is 2. The Morgan fingerprint density at radius 2 is 1.82 bits per heavy atom. The predicted octanol–water partition coefficient (Wildman–Crippen LogP) is 3.24. The lowest BCUT2D eigenvalue weighted by Gasteiger charge is -2.38. The lowest BCUT2D eigenvalue weighted by Crippen LogP contribution is -2.52. The number of aliphatic hydroxyl groups excluding tert-OH is 1. The Bertz CT molecular complexity index is 1120. The summed E-state index contributed by atoms with van der Waals surface area (Å²) < 4.78 is 44.8. The van der Waals surface area contributed by atoms with E-state index in [1.54, 1.807) is 4.90 Å². The van der Waals surface area contributed by atoms with Crippen LogP contribution in [0.3, 0.4) is 0 Å². The highest BCUT2D eigenvalue weighted by Gasteiger charge is 2.36. The average molecular weight is 534 g/mol. The van der Waals surface area contributed by atoms with E-state index in [0.29, 0.717) is 63.6 Å². The smallest absolute Gasteiger partial charge is 0.387 e. The highest BCUT2D eigenvalue weighted by atomic mass is 19.4. The summed E-state index contributed by atoms with van der Waals surface area (Å²) in [6, 6.07) is 5.15. The maximum Gasteiger partial charge on any atom is 0.416 e. The Hall–Kier alpha value is -2.76. The normalized spacial score (nSPS) is 23.4. The van der Waals surface area contributed by atoms with Crippen molar-refractivity contribution in [1.29, 1.82) is 0 Å². The largest absolute Gasteiger partial charge is 0.416 e. The molecule has 0 saturated carbocycles. The SMILES string of the molecule is C[C@@H]1C[C@@H](O)c2ncnc(N3CCN(C(=O)[C@H](CNC4CCOCC4)c4ccc(C(F)(F)F)cc4)CC3)c21. The van der Waals surface area contributed by atoms with Gasteiger partial charge < -0.3 is 25.0 Å². The summed E-state index contributed by atoms with van der Waals surface area (Å²) in [7, 11) is 0. The van der Waals surface area contributed by atoms with Crippen molar-refractivity contribution in [1.82, 2.24) is 20.2 Å². The van der Waals surface area contributed by atoms with Gasteiger partial charge in [0.25, 0.3) is 0 Å². The van der Waals surface area contributed by atoms with Crippen LogP contribution >= 0.6 is 0 Å². The third kappa shape index (κ3) is 5.64. The van der Waals surface area contributed by atoms with Crippen LogP contribution in [0.15, 0.2) is 30.6 Å². The molecule has 206 valence electrons. The van der Waals surface area contributed by atoms with Gasteiger partial charge in [0.2, 0.25) is 5.91 Å². The van der Waals surface area contributed by atoms with Crippen molar-refractivity contribution in [2.45, 2.75) is 56.3 Å². The summed E-state index contributed by atoms with van der Waals surface area (Å²) in [4.78, 5) is 26.5. The molecule has 0 bridgehead atoms. The van der Waals surface area contributed by atoms with Gasteiger partial charge in [0, 0.05) is 57.5 Å². The van der Waals surface area contributed by atoms with Crippen molar-refractivity contribution in [3.05, 3.63) is 53.0 Å². The molecule has 2 fully saturated rings. The lowest BCUT2D eigenvalue weighted by molar-refractivity contribution is -0.137. The van der Waals surface area contributed by atoms with Gasteiger partial charge in [-0.25, -0.2) is 9.97 Å². The van der Waals surface area contributed by atoms with E-state index >= 15 is 0 Å². The Labute approximate surface area is 220 Å². The summed E-state index contributed by atoms with van der Waals surface area (Å²) in [5, 5.41) is 13.8. The Morgan fingerprint density at radius 3 is 2.47 bits per heavy atom. The number of nitrogens with one attached hydrogen (secondary N) is 1. The maximum atomic E-state index is 13.7. The van der Waals surface area contributed by atoms with E-state index in [1.807, 2.05) is 0 Å². The standard InChI is InChI=1S/C27H34F3N5O3/c1-17-14-22(36)24-23(17)25(33-16-32-24)34-8-10-35(11-9-34)26(37)21(15-31-20-6-12-38-13-7-20)18-2-4-19(5-3-18)27(28,29)30/h2-5,16-17,20-22,31,36H,6-15H2,1H3/t17-,21-,22-/m1/s1. The van der Waals surface area contributed by atoms with Gasteiger partial charge in [-0.05, 0) is 42.9 Å². The van der Waals surface area contributed by atoms with Crippen LogP contribution in [0.2, 0.25) is 0 Å². The molecule has 38 heavy (non-hydrogen) atoms. The first-order valence-corrected chi connectivity index (χ1v) is 13.3. The first kappa shape index (κ1) is 26.8. The van der Waals surface area contributed by atoms with Gasteiger partial charge >= 0.3 is 6.18 Å². The number of fused-ring (bicyclic) bond motifs is 1. The van der Waals surface area contributed by atoms with Crippen LogP contribution < -0.4 is 10.2 Å². The molecule has 2 N–H and O–H groups in total. The number of ether oxygens (including phenoxy) is 1. The fourth-order valence-corrected chi connectivity index (χ4v) is 5.75. The minimum Gasteiger partial charge on any atom is -0.387 e. The quantitative estimate of drug-likeness (QED) is 0.589. The molecule has 2 saturated heterocycles. The summed E-state index contributed by atoms with van der Waals surface area (Å²) in [5.41, 5.74) is 1.50. The lowest BCUT2D eigenvalue weighted by atomic mass is 9.95. The second-order valence-electron chi connectivity index (χ2n) is 10.4. The minimum atomic E-state index is -4.43. The Morgan fingerprint density at radius 1 is 1.13 bits per heavy atom. The van der Waals surface area contributed by atoms with Gasteiger partial charge in [-0.2, -0.15) is 13.2 Å². The van der Waals surface area contributed by atoms with E-state index < -0.39 is 23.8 Å². The topological polar surface area (TPSA) is 90.8 Å². The van der Waals surface area contributed by atoms with Crippen molar-refractivity contribution >= 4 is 11.7 Å². The summed E-state index contributed by atoms with van der Waals surface area (Å²) in [5.74, 6) is 0.272. The van der Waals surface area contributed by atoms with Gasteiger partial charge in [-0.1, -0.05) is 19.1 Å². The van der Waals surface area contributed by atoms with E-state index in [1.165, 1.54) is 18.5 Å². The van der Waals surface area contributed by atoms with Gasteiger partial charge in [0.15, 0.2) is 0 Å². The molecular weight excluding hydrogens is 499 g/mol. The van der Waals surface area contributed by atoms with E-state index in [0.717, 1.165) is 36.4 Å². The number of nitrogens with zero attached hydrogens (tertiary/aromatic N) is 4. The molecule has 1 amide bonds. The van der Waals surface area contributed by atoms with Crippen LogP contribution in [0.25, 0.3) is 0 Å². The number of rotatable bonds is 6. The molecule has 8 nitrogen and oxygen atoms in total. The molecule has 3 heterocycles. The third-order valence-electron chi connectivity index (χ3n) is 7.94. The van der Waals surface area contributed by atoms with Gasteiger partial charge in [0.1, 0.15) is 12.1 Å². The number of carbonyl (C=O) groups is 1. The maximum absolute atomic E-state index is 13.7. The Kier molecular flexibility index (Phi) is 7.88. The van der Waals surface area contributed by atoms with Crippen LogP contribution in [0.1, 0.15) is 66.5 Å². The summed E-state index contributed by atoms with van der Waals surface area (Å²) in [6.45, 7) is 5.82. The number of piperazine rings is 1. The summed E-state index contributed by atoms with van der Waals surface area (Å²) in [6.07, 6.45) is -1.24. The van der Waals surface area contributed by atoms with Crippen molar-refractivity contribution in [2.75, 3.05) is 50.8 Å². The highest BCUT2D eigenvalue weighted by molar-refractivity contribution is 5.84. The molecule has 3 aliphatic rings. The minimum absolute atomic E-state index is 0.0966. The molecule has 0 spiro atoms. The van der Waals surface area contributed by atoms with Gasteiger partial charge in [-0.3, -0.25) is 4.79 Å². The number of halogens is 3. The van der Waals surface area contributed by atoms with E-state index in [4.69, 9.17) is 4.74 Å². The number of aromatic nitrogens is 2. The van der Waals surface area contributed by atoms with E-state index in [-0.39, 0.29) is 17.9 Å². The zero-order chi connectivity index (χ0) is 26.9. The molecule has 0 radical (unpaired) electrons. The van der Waals surface area contributed by atoms with Crippen molar-refractivity contribution < 1.29 is 27.8 Å². The van der Waals surface area contributed by atoms with Crippen LogP contribution in [0.4, 0.5) is 19.0 Å². The number of carbonyl (C=O) groups excluding carboxylic acids is 1. The molecule has 11 heteroatoms. The summed E-state index contributed by atoms with van der Waals surface area (Å²) >= 11 is 0. The van der Waals surface area contributed by atoms with Crippen LogP contribution in [-0.2, 0) is 15.7 Å². The zero-order valence-electron chi connectivity index (χ0n) is 21.5. The second-order valence-corrected chi connectivity index (χ2v) is 10.4. The monoisotopic (exact) mass is 533 g/mol. The zero-order valence-corrected chi connectivity index (χ0v) is 21.5. The first-order chi connectivity index (χ1) is 18.2. The number of aliphatic hydroxyl groups is 1. The van der Waals surface area contributed by atoms with Gasteiger partial charge in [-0.15, -0.1) is 0 Å². The highest BCUT2D eigenvalue weighted by Crippen LogP contribution is 2.42. The van der Waals surface area contributed by atoms with Crippen LogP contribution in [0.5, 0.6) is 0 Å². The van der Waals surface area contributed by atoms with Crippen molar-refractivity contribution in [3.8, 4) is 0 Å². The third-order valence-corrected chi connectivity index (χ3v) is 7.94. The average Bonchev–Trinajstić information content (AvgIpc) is 3.22. The number of benzene rings is 1. The molecular formula is C27H34F3N5O3. The van der Waals surface area contributed by atoms with Crippen LogP contribution in [0, 0.1) is 0 Å². The molecule has 2 aliphatic heterocycles. The number of alkyl halides is 3. The molecule has 5 rings (SSSR count). The molecule has 2 aromatic rings. The number of anilines is 1. The van der Waals surface area contributed by atoms with Crippen LogP contribution in [-0.4, -0.2) is 77.9 Å². The molecule has 1 aromatic carbocycles. The predicted molar refractivity (Wildman–Crippen MR) is 135 cm³/mol. The van der Waals surface area contributed by atoms with E-state index in [9.17, 15) is 23.1 Å².